The summed E-state index contributed by atoms with van der Waals surface area (Å²) in [6.45, 7) is 1.68. The number of halogens is 1. The Balaban J connectivity index is 1.58. The van der Waals surface area contributed by atoms with Gasteiger partial charge in [-0.1, -0.05) is 35.9 Å². The molecular formula is C23H22ClN3O4. The maximum absolute atomic E-state index is 12.5. The van der Waals surface area contributed by atoms with Crippen molar-refractivity contribution >= 4 is 23.5 Å². The van der Waals surface area contributed by atoms with Gasteiger partial charge in [0.2, 0.25) is 0 Å². The van der Waals surface area contributed by atoms with Gasteiger partial charge in [0.05, 0.1) is 30.4 Å². The molecule has 3 aromatic rings. The Hall–Kier alpha value is -3.16. The van der Waals surface area contributed by atoms with E-state index < -0.39 is 12.0 Å². The molecule has 0 bridgehead atoms. The van der Waals surface area contributed by atoms with Crippen molar-refractivity contribution in [2.45, 2.75) is 32.1 Å². The molecule has 1 aliphatic heterocycles. The number of carboxylic acids is 1. The van der Waals surface area contributed by atoms with Crippen LogP contribution < -0.4 is 0 Å². The summed E-state index contributed by atoms with van der Waals surface area (Å²) in [5.41, 5.74) is 4.20. The zero-order valence-corrected chi connectivity index (χ0v) is 17.7. The van der Waals surface area contributed by atoms with E-state index in [1.54, 1.807) is 30.6 Å². The number of rotatable bonds is 6. The molecule has 0 radical (unpaired) electrons. The second-order valence-corrected chi connectivity index (χ2v) is 7.98. The summed E-state index contributed by atoms with van der Waals surface area (Å²) in [5, 5.41) is 9.80. The van der Waals surface area contributed by atoms with Crippen LogP contribution in [0.15, 0.2) is 54.9 Å². The number of hydrogen-bond acceptors (Lipinski definition) is 5. The molecular weight excluding hydrogens is 418 g/mol. The molecule has 2 aromatic carbocycles. The second kappa shape index (κ2) is 8.91. The number of ether oxygens (including phenoxy) is 1. The van der Waals surface area contributed by atoms with Gasteiger partial charge in [-0.15, -0.1) is 0 Å². The molecule has 1 unspecified atom stereocenters. The number of hydrogen-bond donors (Lipinski definition) is 1. The van der Waals surface area contributed by atoms with Gasteiger partial charge in [0.1, 0.15) is 6.04 Å². The van der Waals surface area contributed by atoms with Crippen molar-refractivity contribution in [2.24, 2.45) is 0 Å². The van der Waals surface area contributed by atoms with E-state index in [1.165, 1.54) is 7.11 Å². The van der Waals surface area contributed by atoms with Gasteiger partial charge in [-0.3, -0.25) is 9.69 Å². The molecule has 1 N–H and O–H groups in total. The van der Waals surface area contributed by atoms with Crippen LogP contribution in [0.2, 0.25) is 5.02 Å². The van der Waals surface area contributed by atoms with Crippen molar-refractivity contribution in [1.29, 1.82) is 0 Å². The molecule has 31 heavy (non-hydrogen) atoms. The van der Waals surface area contributed by atoms with E-state index in [4.69, 9.17) is 21.4 Å². The smallest absolute Gasteiger partial charge is 0.335 e. The van der Waals surface area contributed by atoms with E-state index in [2.05, 4.69) is 9.55 Å². The van der Waals surface area contributed by atoms with Gasteiger partial charge < -0.3 is 14.4 Å². The summed E-state index contributed by atoms with van der Waals surface area (Å²) in [6, 6.07) is 13.9. The van der Waals surface area contributed by atoms with Gasteiger partial charge in [-0.25, -0.2) is 9.78 Å². The van der Waals surface area contributed by atoms with Gasteiger partial charge >= 0.3 is 11.9 Å². The molecule has 8 heteroatoms. The van der Waals surface area contributed by atoms with Crippen LogP contribution in [-0.2, 0) is 35.6 Å². The summed E-state index contributed by atoms with van der Waals surface area (Å²) in [4.78, 5) is 30.2. The first-order valence-electron chi connectivity index (χ1n) is 9.86. The number of methoxy groups -OCH3 is 1. The molecule has 1 aliphatic rings. The molecule has 1 aromatic heterocycles. The van der Waals surface area contributed by atoms with Crippen LogP contribution in [0.5, 0.6) is 0 Å². The van der Waals surface area contributed by atoms with Crippen LogP contribution >= 0.6 is 11.6 Å². The first-order valence-corrected chi connectivity index (χ1v) is 10.2. The Morgan fingerprint density at radius 2 is 1.74 bits per heavy atom. The van der Waals surface area contributed by atoms with Gasteiger partial charge in [-0.2, -0.15) is 0 Å². The lowest BCUT2D eigenvalue weighted by Gasteiger charge is -2.34. The molecule has 0 spiro atoms. The number of carbonyl (C=O) groups is 2. The first-order chi connectivity index (χ1) is 14.9. The minimum atomic E-state index is -0.965. The van der Waals surface area contributed by atoms with E-state index in [1.807, 2.05) is 29.2 Å². The Kier molecular flexibility index (Phi) is 6.06. The molecule has 160 valence electrons. The minimum absolute atomic E-state index is 0.232. The first kappa shape index (κ1) is 21.1. The fourth-order valence-electron chi connectivity index (χ4n) is 3.86. The SMILES string of the molecule is COC(=O)C1Cc2ncn(Cc3ccc(Cl)cc3)c2CN1Cc1ccc(C(=O)O)cc1. The average Bonchev–Trinajstić information content (AvgIpc) is 3.16. The molecule has 4 rings (SSSR count). The topological polar surface area (TPSA) is 84.7 Å². The maximum Gasteiger partial charge on any atom is 0.335 e. The second-order valence-electron chi connectivity index (χ2n) is 7.54. The monoisotopic (exact) mass is 439 g/mol. The summed E-state index contributed by atoms with van der Waals surface area (Å²) in [7, 11) is 1.39. The summed E-state index contributed by atoms with van der Waals surface area (Å²) in [6.07, 6.45) is 2.27. The molecule has 0 saturated heterocycles. The lowest BCUT2D eigenvalue weighted by molar-refractivity contribution is -0.148. The quantitative estimate of drug-likeness (QED) is 0.593. The normalized spacial score (nSPS) is 16.0. The fourth-order valence-corrected chi connectivity index (χ4v) is 3.99. The van der Waals surface area contributed by atoms with Crippen LogP contribution in [0.4, 0.5) is 0 Å². The van der Waals surface area contributed by atoms with Crippen molar-refractivity contribution in [3.63, 3.8) is 0 Å². The lowest BCUT2D eigenvalue weighted by atomic mass is 10.0. The number of carbonyl (C=O) groups excluding carboxylic acids is 1. The zero-order valence-electron chi connectivity index (χ0n) is 17.0. The molecule has 7 nitrogen and oxygen atoms in total. The standard InChI is InChI=1S/C23H22ClN3O4/c1-31-23(30)20-10-19-21(27(14-25-19)12-16-4-8-18(24)9-5-16)13-26(20)11-15-2-6-17(7-3-15)22(28)29/h2-9,14,20H,10-13H2,1H3,(H,28,29). The Morgan fingerprint density at radius 1 is 1.10 bits per heavy atom. The number of nitrogens with zero attached hydrogens (tertiary/aromatic N) is 3. The van der Waals surface area contributed by atoms with E-state index >= 15 is 0 Å². The van der Waals surface area contributed by atoms with Crippen LogP contribution in [0.1, 0.15) is 32.9 Å². The summed E-state index contributed by atoms with van der Waals surface area (Å²) in [5.74, 6) is -1.27. The van der Waals surface area contributed by atoms with Crippen molar-refractivity contribution < 1.29 is 19.4 Å². The largest absolute Gasteiger partial charge is 0.478 e. The summed E-state index contributed by atoms with van der Waals surface area (Å²) < 4.78 is 7.12. The predicted molar refractivity (Wildman–Crippen MR) is 115 cm³/mol. The molecule has 0 amide bonds. The number of benzene rings is 2. The number of aromatic nitrogens is 2. The van der Waals surface area contributed by atoms with Crippen LogP contribution in [0, 0.1) is 0 Å². The van der Waals surface area contributed by atoms with Crippen LogP contribution in [0.25, 0.3) is 0 Å². The lowest BCUT2D eigenvalue weighted by Crippen LogP contribution is -2.46. The molecule has 2 heterocycles. The highest BCUT2D eigenvalue weighted by Gasteiger charge is 2.34. The number of aromatic carboxylic acids is 1. The summed E-state index contributed by atoms with van der Waals surface area (Å²) >= 11 is 5.99. The minimum Gasteiger partial charge on any atom is -0.478 e. The molecule has 0 fully saturated rings. The molecule has 1 atom stereocenters. The van der Waals surface area contributed by atoms with E-state index in [9.17, 15) is 9.59 Å². The Bertz CT molecular complexity index is 1090. The molecule has 0 aliphatic carbocycles. The number of imidazole rings is 1. The Morgan fingerprint density at radius 3 is 2.39 bits per heavy atom. The van der Waals surface area contributed by atoms with Crippen molar-refractivity contribution in [2.75, 3.05) is 7.11 Å². The Labute approximate surface area is 184 Å². The van der Waals surface area contributed by atoms with E-state index in [-0.39, 0.29) is 11.5 Å². The van der Waals surface area contributed by atoms with Gasteiger partial charge in [0.25, 0.3) is 0 Å². The van der Waals surface area contributed by atoms with Gasteiger partial charge in [0, 0.05) is 31.1 Å². The highest BCUT2D eigenvalue weighted by atomic mass is 35.5. The molecule has 0 saturated carbocycles. The number of carboxylic acid groups (broad SMARTS) is 1. The van der Waals surface area contributed by atoms with Crippen molar-refractivity contribution in [3.8, 4) is 0 Å². The van der Waals surface area contributed by atoms with E-state index in [0.717, 1.165) is 22.5 Å². The van der Waals surface area contributed by atoms with Gasteiger partial charge in [0.15, 0.2) is 0 Å². The third-order valence-corrected chi connectivity index (χ3v) is 5.79. The third kappa shape index (κ3) is 4.62. The third-order valence-electron chi connectivity index (χ3n) is 5.54. The average molecular weight is 440 g/mol. The van der Waals surface area contributed by atoms with Crippen molar-refractivity contribution in [3.05, 3.63) is 88.0 Å². The predicted octanol–water partition coefficient (Wildman–Crippen LogP) is 3.38. The highest BCUT2D eigenvalue weighted by Crippen LogP contribution is 2.26. The highest BCUT2D eigenvalue weighted by molar-refractivity contribution is 6.30. The van der Waals surface area contributed by atoms with Crippen LogP contribution in [-0.4, -0.2) is 44.6 Å². The zero-order chi connectivity index (χ0) is 22.0. The van der Waals surface area contributed by atoms with Gasteiger partial charge in [-0.05, 0) is 35.4 Å². The fraction of sp³-hybridized carbons (Fsp3) is 0.261. The number of fused-ring (bicyclic) bond motifs is 1. The van der Waals surface area contributed by atoms with Crippen molar-refractivity contribution in [1.82, 2.24) is 14.5 Å². The van der Waals surface area contributed by atoms with E-state index in [0.29, 0.717) is 31.1 Å². The van der Waals surface area contributed by atoms with Crippen LogP contribution in [0.3, 0.4) is 0 Å². The maximum atomic E-state index is 12.5. The number of esters is 1.